The minimum absolute atomic E-state index is 0.177. The molecule has 0 amide bonds. The van der Waals surface area contributed by atoms with Crippen molar-refractivity contribution in [2.45, 2.75) is 6.42 Å². The number of hydrogen-bond donors (Lipinski definition) is 2. The van der Waals surface area contributed by atoms with Crippen molar-refractivity contribution in [2.75, 3.05) is 50.0 Å². The minimum atomic E-state index is -0.259. The predicted octanol–water partition coefficient (Wildman–Crippen LogP) is 0.912. The van der Waals surface area contributed by atoms with Gasteiger partial charge in [0.15, 0.2) is 0 Å². The van der Waals surface area contributed by atoms with E-state index in [1.807, 2.05) is 4.90 Å². The highest BCUT2D eigenvalue weighted by molar-refractivity contribution is 5.54. The van der Waals surface area contributed by atoms with Crippen LogP contribution in [0.25, 0.3) is 0 Å². The van der Waals surface area contributed by atoms with E-state index in [1.54, 1.807) is 12.1 Å². The first-order valence-corrected chi connectivity index (χ1v) is 6.34. The Hall–Kier alpha value is -1.33. The monoisotopic (exact) mass is 253 g/mol. The van der Waals surface area contributed by atoms with E-state index in [4.69, 9.17) is 10.8 Å². The summed E-state index contributed by atoms with van der Waals surface area (Å²) in [4.78, 5) is 4.25. The van der Waals surface area contributed by atoms with E-state index in [1.165, 1.54) is 6.07 Å². The summed E-state index contributed by atoms with van der Waals surface area (Å²) < 4.78 is 13.8. The quantitative estimate of drug-likeness (QED) is 0.786. The Morgan fingerprint density at radius 3 is 2.78 bits per heavy atom. The molecule has 0 saturated carbocycles. The average molecular weight is 253 g/mol. The fraction of sp³-hybridized carbons (Fsp3) is 0.538. The maximum absolute atomic E-state index is 13.8. The fourth-order valence-corrected chi connectivity index (χ4v) is 2.36. The van der Waals surface area contributed by atoms with E-state index in [-0.39, 0.29) is 12.4 Å². The van der Waals surface area contributed by atoms with Gasteiger partial charge >= 0.3 is 0 Å². The molecule has 0 atom stereocenters. The summed E-state index contributed by atoms with van der Waals surface area (Å²) in [6, 6.07) is 4.84. The number of nitrogens with two attached hydrogens (primary N) is 1. The first kappa shape index (κ1) is 13.1. The standard InChI is InChI=1S/C13H20FN3O/c14-12-10-11(15)2-3-13(12)17-5-1-4-16(6-7-17)8-9-18/h2-3,10,18H,1,4-9,15H2. The van der Waals surface area contributed by atoms with Crippen molar-refractivity contribution in [3.8, 4) is 0 Å². The van der Waals surface area contributed by atoms with Crippen LogP contribution in [-0.4, -0.2) is 49.3 Å². The average Bonchev–Trinajstić information content (AvgIpc) is 2.55. The zero-order valence-electron chi connectivity index (χ0n) is 10.5. The van der Waals surface area contributed by atoms with E-state index >= 15 is 0 Å². The van der Waals surface area contributed by atoms with Gasteiger partial charge in [-0.25, -0.2) is 4.39 Å². The number of hydrogen-bond acceptors (Lipinski definition) is 4. The van der Waals surface area contributed by atoms with Crippen molar-refractivity contribution in [3.63, 3.8) is 0 Å². The molecule has 0 spiro atoms. The van der Waals surface area contributed by atoms with Crippen LogP contribution < -0.4 is 10.6 Å². The minimum Gasteiger partial charge on any atom is -0.399 e. The molecule has 1 aromatic carbocycles. The third-order valence-electron chi connectivity index (χ3n) is 3.32. The molecule has 1 aliphatic rings. The zero-order valence-corrected chi connectivity index (χ0v) is 10.5. The molecular formula is C13H20FN3O. The third kappa shape index (κ3) is 3.11. The van der Waals surface area contributed by atoms with Gasteiger partial charge in [-0.05, 0) is 31.2 Å². The van der Waals surface area contributed by atoms with Gasteiger partial charge in [-0.15, -0.1) is 0 Å². The van der Waals surface area contributed by atoms with Crippen molar-refractivity contribution < 1.29 is 9.50 Å². The molecule has 0 unspecified atom stereocenters. The molecule has 1 heterocycles. The molecule has 1 aliphatic heterocycles. The van der Waals surface area contributed by atoms with Crippen LogP contribution in [0.15, 0.2) is 18.2 Å². The lowest BCUT2D eigenvalue weighted by atomic mass is 10.2. The van der Waals surface area contributed by atoms with Gasteiger partial charge in [0.05, 0.1) is 12.3 Å². The number of aliphatic hydroxyl groups excluding tert-OH is 1. The van der Waals surface area contributed by atoms with Crippen molar-refractivity contribution >= 4 is 11.4 Å². The van der Waals surface area contributed by atoms with Crippen molar-refractivity contribution in [2.24, 2.45) is 0 Å². The molecule has 5 heteroatoms. The Morgan fingerprint density at radius 1 is 1.22 bits per heavy atom. The lowest BCUT2D eigenvalue weighted by Gasteiger charge is -2.24. The van der Waals surface area contributed by atoms with Crippen LogP contribution in [0, 0.1) is 5.82 Å². The molecule has 0 bridgehead atoms. The molecular weight excluding hydrogens is 233 g/mol. The molecule has 0 aliphatic carbocycles. The maximum atomic E-state index is 13.8. The second-order valence-corrected chi connectivity index (χ2v) is 4.62. The SMILES string of the molecule is Nc1ccc(N2CCCN(CCO)CC2)c(F)c1. The van der Waals surface area contributed by atoms with E-state index in [2.05, 4.69) is 4.90 Å². The number of aliphatic hydroxyl groups is 1. The smallest absolute Gasteiger partial charge is 0.148 e. The summed E-state index contributed by atoms with van der Waals surface area (Å²) in [5.41, 5.74) is 6.63. The second-order valence-electron chi connectivity index (χ2n) is 4.62. The number of halogens is 1. The third-order valence-corrected chi connectivity index (χ3v) is 3.32. The van der Waals surface area contributed by atoms with Gasteiger partial charge in [0.2, 0.25) is 0 Å². The summed E-state index contributed by atoms with van der Waals surface area (Å²) in [6.07, 6.45) is 0.976. The van der Waals surface area contributed by atoms with Gasteiger partial charge in [-0.2, -0.15) is 0 Å². The highest BCUT2D eigenvalue weighted by atomic mass is 19.1. The first-order valence-electron chi connectivity index (χ1n) is 6.34. The molecule has 0 radical (unpaired) electrons. The van der Waals surface area contributed by atoms with Gasteiger partial charge in [0.25, 0.3) is 0 Å². The van der Waals surface area contributed by atoms with Gasteiger partial charge in [0, 0.05) is 31.9 Å². The Balaban J connectivity index is 2.05. The molecule has 4 nitrogen and oxygen atoms in total. The lowest BCUT2D eigenvalue weighted by Crippen LogP contribution is -2.32. The summed E-state index contributed by atoms with van der Waals surface area (Å²) in [5.74, 6) is -0.259. The van der Waals surface area contributed by atoms with Crippen molar-refractivity contribution in [1.82, 2.24) is 4.90 Å². The lowest BCUT2D eigenvalue weighted by molar-refractivity contribution is 0.204. The normalized spacial score (nSPS) is 17.8. The Kier molecular flexibility index (Phi) is 4.38. The summed E-state index contributed by atoms with van der Waals surface area (Å²) in [7, 11) is 0. The van der Waals surface area contributed by atoms with Crippen LogP contribution >= 0.6 is 0 Å². The van der Waals surface area contributed by atoms with Gasteiger partial charge < -0.3 is 15.7 Å². The van der Waals surface area contributed by atoms with Gasteiger partial charge in [-0.1, -0.05) is 0 Å². The van der Waals surface area contributed by atoms with E-state index in [9.17, 15) is 4.39 Å². The summed E-state index contributed by atoms with van der Waals surface area (Å²) >= 11 is 0. The van der Waals surface area contributed by atoms with Gasteiger partial charge in [0.1, 0.15) is 5.82 Å². The molecule has 1 fully saturated rings. The molecule has 100 valence electrons. The van der Waals surface area contributed by atoms with E-state index in [0.717, 1.165) is 32.6 Å². The number of nitrogen functional groups attached to an aromatic ring is 1. The zero-order chi connectivity index (χ0) is 13.0. The van der Waals surface area contributed by atoms with Crippen molar-refractivity contribution in [1.29, 1.82) is 0 Å². The van der Waals surface area contributed by atoms with E-state index in [0.29, 0.717) is 17.9 Å². The Morgan fingerprint density at radius 2 is 2.06 bits per heavy atom. The number of anilines is 2. The Bertz CT molecular complexity index is 400. The highest BCUT2D eigenvalue weighted by Crippen LogP contribution is 2.22. The molecule has 0 aromatic heterocycles. The highest BCUT2D eigenvalue weighted by Gasteiger charge is 2.17. The molecule has 2 rings (SSSR count). The van der Waals surface area contributed by atoms with Crippen LogP contribution in [0.5, 0.6) is 0 Å². The summed E-state index contributed by atoms with van der Waals surface area (Å²) in [5, 5.41) is 8.94. The number of nitrogens with zero attached hydrogens (tertiary/aromatic N) is 2. The molecule has 1 aromatic rings. The van der Waals surface area contributed by atoms with Crippen molar-refractivity contribution in [3.05, 3.63) is 24.0 Å². The van der Waals surface area contributed by atoms with Crippen LogP contribution in [0.1, 0.15) is 6.42 Å². The predicted molar refractivity (Wildman–Crippen MR) is 71.2 cm³/mol. The Labute approximate surface area is 107 Å². The first-order chi connectivity index (χ1) is 8.70. The van der Waals surface area contributed by atoms with Crippen LogP contribution in [0.4, 0.5) is 15.8 Å². The molecule has 3 N–H and O–H groups in total. The second kappa shape index (κ2) is 6.02. The van der Waals surface area contributed by atoms with Crippen LogP contribution in [-0.2, 0) is 0 Å². The largest absolute Gasteiger partial charge is 0.399 e. The topological polar surface area (TPSA) is 52.7 Å². The van der Waals surface area contributed by atoms with Crippen LogP contribution in [0.3, 0.4) is 0 Å². The summed E-state index contributed by atoms with van der Waals surface area (Å²) in [6.45, 7) is 4.29. The van der Waals surface area contributed by atoms with Crippen LogP contribution in [0.2, 0.25) is 0 Å². The maximum Gasteiger partial charge on any atom is 0.148 e. The number of β-amino-alcohol motifs (C(OH)–C–C–N with tert-alkyl or cyclic N) is 1. The molecule has 1 saturated heterocycles. The fourth-order valence-electron chi connectivity index (χ4n) is 2.36. The van der Waals surface area contributed by atoms with Gasteiger partial charge in [-0.3, -0.25) is 4.90 Å². The van der Waals surface area contributed by atoms with E-state index < -0.39 is 0 Å². The number of rotatable bonds is 3. The number of benzene rings is 1. The molecule has 18 heavy (non-hydrogen) atoms.